The highest BCUT2D eigenvalue weighted by Crippen LogP contribution is 2.27. The number of pyridine rings is 1. The largest absolute Gasteiger partial charge is 0.494 e. The molecule has 0 spiro atoms. The molecule has 2 aromatic heterocycles. The first kappa shape index (κ1) is 17.0. The summed E-state index contributed by atoms with van der Waals surface area (Å²) in [6, 6.07) is 9.46. The van der Waals surface area contributed by atoms with Crippen molar-refractivity contribution in [2.45, 2.75) is 26.7 Å². The number of ether oxygens (including phenoxy) is 1. The van der Waals surface area contributed by atoms with Crippen molar-refractivity contribution in [2.24, 2.45) is 0 Å². The monoisotopic (exact) mass is 334 g/mol. The Hall–Kier alpha value is -2.88. The number of nitrogens with one attached hydrogen (secondary N) is 1. The second kappa shape index (κ2) is 7.79. The lowest BCUT2D eigenvalue weighted by Gasteiger charge is -2.05. The van der Waals surface area contributed by atoms with Crippen LogP contribution in [0.4, 0.5) is 0 Å². The fraction of sp³-hybridized carbons (Fsp3) is 0.238. The van der Waals surface area contributed by atoms with Crippen LogP contribution in [0.2, 0.25) is 0 Å². The zero-order valence-corrected chi connectivity index (χ0v) is 14.6. The van der Waals surface area contributed by atoms with Gasteiger partial charge in [-0.05, 0) is 55.8 Å². The Bertz CT molecular complexity index is 895. The molecule has 1 aromatic carbocycles. The molecule has 0 aliphatic heterocycles. The molecule has 0 saturated carbocycles. The zero-order chi connectivity index (χ0) is 17.6. The van der Waals surface area contributed by atoms with E-state index in [1.54, 1.807) is 30.6 Å². The van der Waals surface area contributed by atoms with Crippen LogP contribution in [0.5, 0.6) is 5.75 Å². The lowest BCUT2D eigenvalue weighted by molar-refractivity contribution is 0.104. The summed E-state index contributed by atoms with van der Waals surface area (Å²) in [4.78, 5) is 19.6. The molecule has 128 valence electrons. The zero-order valence-electron chi connectivity index (χ0n) is 14.6. The fourth-order valence-electron chi connectivity index (χ4n) is 2.74. The summed E-state index contributed by atoms with van der Waals surface area (Å²) in [6.07, 6.45) is 8.87. The van der Waals surface area contributed by atoms with Crippen LogP contribution < -0.4 is 4.74 Å². The lowest BCUT2D eigenvalue weighted by Crippen LogP contribution is -1.96. The van der Waals surface area contributed by atoms with E-state index in [0.717, 1.165) is 47.4 Å². The fourth-order valence-corrected chi connectivity index (χ4v) is 2.74. The number of hydrogen-bond donors (Lipinski definition) is 1. The normalized spacial score (nSPS) is 11.3. The minimum Gasteiger partial charge on any atom is -0.494 e. The van der Waals surface area contributed by atoms with Gasteiger partial charge in [-0.2, -0.15) is 0 Å². The summed E-state index contributed by atoms with van der Waals surface area (Å²) in [5.41, 5.74) is 3.71. The van der Waals surface area contributed by atoms with Crippen LogP contribution in [0, 0.1) is 6.92 Å². The summed E-state index contributed by atoms with van der Waals surface area (Å²) in [5.74, 6) is 0.821. The number of aromatic amines is 1. The first-order chi connectivity index (χ1) is 12.2. The summed E-state index contributed by atoms with van der Waals surface area (Å²) in [6.45, 7) is 4.87. The number of ketones is 1. The van der Waals surface area contributed by atoms with Gasteiger partial charge in [-0.25, -0.2) is 0 Å². The molecule has 4 heteroatoms. The Morgan fingerprint density at radius 1 is 1.24 bits per heavy atom. The van der Waals surface area contributed by atoms with Gasteiger partial charge in [0.2, 0.25) is 0 Å². The Morgan fingerprint density at radius 3 is 2.80 bits per heavy atom. The molecule has 0 unspecified atom stereocenters. The Morgan fingerprint density at radius 2 is 2.04 bits per heavy atom. The van der Waals surface area contributed by atoms with Crippen molar-refractivity contribution < 1.29 is 9.53 Å². The molecule has 3 aromatic rings. The smallest absolute Gasteiger partial charge is 0.185 e. The van der Waals surface area contributed by atoms with Gasteiger partial charge in [0, 0.05) is 40.1 Å². The van der Waals surface area contributed by atoms with E-state index in [1.807, 2.05) is 31.2 Å². The number of H-pyrrole nitrogens is 1. The van der Waals surface area contributed by atoms with Crippen LogP contribution in [-0.2, 0) is 0 Å². The minimum absolute atomic E-state index is 0.0356. The summed E-state index contributed by atoms with van der Waals surface area (Å²) in [7, 11) is 0. The number of allylic oxidation sites excluding steroid dienone is 1. The quantitative estimate of drug-likeness (QED) is 0.378. The Kier molecular flexibility index (Phi) is 5.29. The number of unbranched alkanes of at least 4 members (excludes halogenated alkanes) is 1. The number of benzene rings is 1. The topological polar surface area (TPSA) is 55.0 Å². The van der Waals surface area contributed by atoms with E-state index < -0.39 is 0 Å². The third kappa shape index (κ3) is 3.97. The van der Waals surface area contributed by atoms with E-state index in [9.17, 15) is 4.79 Å². The maximum absolute atomic E-state index is 12.3. The number of hydrogen-bond acceptors (Lipinski definition) is 3. The summed E-state index contributed by atoms with van der Waals surface area (Å²) < 4.78 is 5.80. The van der Waals surface area contributed by atoms with Crippen molar-refractivity contribution in [3.8, 4) is 5.75 Å². The molecule has 25 heavy (non-hydrogen) atoms. The maximum Gasteiger partial charge on any atom is 0.185 e. The molecule has 0 aliphatic rings. The third-order valence-electron chi connectivity index (χ3n) is 4.14. The number of aryl methyl sites for hydroxylation is 1. The molecule has 0 amide bonds. The number of nitrogens with zero attached hydrogens (tertiary/aromatic N) is 1. The van der Waals surface area contributed by atoms with E-state index in [-0.39, 0.29) is 5.78 Å². The standard InChI is InChI=1S/C21H22N2O2/c1-3-4-13-25-17-5-7-20-19(14-17)18(15(2)23-20)6-8-21(24)16-9-11-22-12-10-16/h5-12,14,23H,3-4,13H2,1-2H3/b8-6+. The maximum atomic E-state index is 12.3. The number of fused-ring (bicyclic) bond motifs is 1. The van der Waals surface area contributed by atoms with Crippen LogP contribution in [-0.4, -0.2) is 22.4 Å². The Balaban J connectivity index is 1.87. The molecule has 2 heterocycles. The van der Waals surface area contributed by atoms with Gasteiger partial charge in [-0.15, -0.1) is 0 Å². The van der Waals surface area contributed by atoms with Crippen molar-refractivity contribution in [3.63, 3.8) is 0 Å². The van der Waals surface area contributed by atoms with Gasteiger partial charge in [0.1, 0.15) is 5.75 Å². The number of rotatable bonds is 7. The third-order valence-corrected chi connectivity index (χ3v) is 4.14. The van der Waals surface area contributed by atoms with Crippen molar-refractivity contribution in [2.75, 3.05) is 6.61 Å². The molecule has 0 bridgehead atoms. The van der Waals surface area contributed by atoms with E-state index in [1.165, 1.54) is 0 Å². The summed E-state index contributed by atoms with van der Waals surface area (Å²) in [5, 5.41) is 1.06. The molecular weight excluding hydrogens is 312 g/mol. The SMILES string of the molecule is CCCCOc1ccc2[nH]c(C)c(/C=C/C(=O)c3ccncc3)c2c1. The van der Waals surface area contributed by atoms with Gasteiger partial charge in [0.25, 0.3) is 0 Å². The van der Waals surface area contributed by atoms with Crippen LogP contribution in [0.15, 0.2) is 48.8 Å². The lowest BCUT2D eigenvalue weighted by atomic mass is 10.1. The predicted octanol–water partition coefficient (Wildman–Crippen LogP) is 4.95. The van der Waals surface area contributed by atoms with Crippen molar-refractivity contribution in [1.29, 1.82) is 0 Å². The summed E-state index contributed by atoms with van der Waals surface area (Å²) >= 11 is 0. The molecule has 3 rings (SSSR count). The van der Waals surface area contributed by atoms with Gasteiger partial charge >= 0.3 is 0 Å². The number of aromatic nitrogens is 2. The molecule has 0 radical (unpaired) electrons. The minimum atomic E-state index is -0.0356. The van der Waals surface area contributed by atoms with Gasteiger partial charge in [-0.3, -0.25) is 9.78 Å². The molecule has 0 fully saturated rings. The Labute approximate surface area is 147 Å². The van der Waals surface area contributed by atoms with E-state index in [2.05, 4.69) is 16.9 Å². The van der Waals surface area contributed by atoms with E-state index >= 15 is 0 Å². The van der Waals surface area contributed by atoms with Crippen molar-refractivity contribution in [3.05, 3.63) is 65.6 Å². The molecular formula is C21H22N2O2. The van der Waals surface area contributed by atoms with Crippen molar-refractivity contribution in [1.82, 2.24) is 9.97 Å². The van der Waals surface area contributed by atoms with Crippen molar-refractivity contribution >= 4 is 22.8 Å². The number of carbonyl (C=O) groups excluding carboxylic acids is 1. The highest BCUT2D eigenvalue weighted by Gasteiger charge is 2.08. The van der Waals surface area contributed by atoms with Crippen LogP contribution in [0.3, 0.4) is 0 Å². The van der Waals surface area contributed by atoms with Gasteiger partial charge in [0.05, 0.1) is 6.61 Å². The first-order valence-electron chi connectivity index (χ1n) is 8.56. The predicted molar refractivity (Wildman–Crippen MR) is 101 cm³/mol. The second-order valence-electron chi connectivity index (χ2n) is 6.01. The van der Waals surface area contributed by atoms with Crippen LogP contribution >= 0.6 is 0 Å². The van der Waals surface area contributed by atoms with E-state index in [4.69, 9.17) is 4.74 Å². The molecule has 0 saturated heterocycles. The van der Waals surface area contributed by atoms with Crippen LogP contribution in [0.25, 0.3) is 17.0 Å². The molecule has 0 aliphatic carbocycles. The molecule has 4 nitrogen and oxygen atoms in total. The first-order valence-corrected chi connectivity index (χ1v) is 8.56. The second-order valence-corrected chi connectivity index (χ2v) is 6.01. The van der Waals surface area contributed by atoms with E-state index in [0.29, 0.717) is 5.56 Å². The highest BCUT2D eigenvalue weighted by molar-refractivity contribution is 6.08. The average Bonchev–Trinajstić information content (AvgIpc) is 2.95. The van der Waals surface area contributed by atoms with Gasteiger partial charge in [-0.1, -0.05) is 13.3 Å². The average molecular weight is 334 g/mol. The molecule has 0 atom stereocenters. The number of carbonyl (C=O) groups is 1. The highest BCUT2D eigenvalue weighted by atomic mass is 16.5. The van der Waals surface area contributed by atoms with Gasteiger partial charge < -0.3 is 9.72 Å². The van der Waals surface area contributed by atoms with Crippen LogP contribution in [0.1, 0.15) is 41.4 Å². The molecule has 1 N–H and O–H groups in total. The van der Waals surface area contributed by atoms with Gasteiger partial charge in [0.15, 0.2) is 5.78 Å².